The van der Waals surface area contributed by atoms with E-state index in [1.807, 2.05) is 26.1 Å². The maximum absolute atomic E-state index is 13.8. The average Bonchev–Trinajstić information content (AvgIpc) is 2.25. The van der Waals surface area contributed by atoms with Gasteiger partial charge in [-0.15, -0.1) is 0 Å². The van der Waals surface area contributed by atoms with Gasteiger partial charge in [-0.05, 0) is 39.4 Å². The topological polar surface area (TPSA) is 29.3 Å². The minimum atomic E-state index is -0.114. The van der Waals surface area contributed by atoms with Crippen LogP contribution >= 0.6 is 0 Å². The molecule has 2 atom stereocenters. The fraction of sp³-hybridized carbons (Fsp3) is 0.538. The average molecular weight is 222 g/mol. The van der Waals surface area contributed by atoms with Crippen molar-refractivity contribution < 1.29 is 4.39 Å². The zero-order valence-electron chi connectivity index (χ0n) is 9.91. The predicted octanol–water partition coefficient (Wildman–Crippen LogP) is 2.23. The normalized spacial score (nSPS) is 27.0. The molecule has 88 valence electrons. The molecule has 1 fully saturated rings. The smallest absolute Gasteiger partial charge is 0.128 e. The summed E-state index contributed by atoms with van der Waals surface area (Å²) in [6.07, 6.45) is 1.84. The lowest BCUT2D eigenvalue weighted by atomic mass is 9.91. The Morgan fingerprint density at radius 1 is 1.44 bits per heavy atom. The van der Waals surface area contributed by atoms with Crippen molar-refractivity contribution in [1.29, 1.82) is 0 Å². The molecule has 1 aromatic rings. The van der Waals surface area contributed by atoms with E-state index in [4.69, 9.17) is 5.73 Å². The highest BCUT2D eigenvalue weighted by Crippen LogP contribution is 2.31. The molecule has 1 saturated heterocycles. The summed E-state index contributed by atoms with van der Waals surface area (Å²) >= 11 is 0. The fourth-order valence-corrected chi connectivity index (χ4v) is 2.39. The Balaban J connectivity index is 2.30. The Bertz CT molecular complexity index is 378. The number of halogens is 1. The largest absolute Gasteiger partial charge is 0.328 e. The summed E-state index contributed by atoms with van der Waals surface area (Å²) in [5.41, 5.74) is 7.85. The summed E-state index contributed by atoms with van der Waals surface area (Å²) in [5, 5.41) is 0. The molecule has 16 heavy (non-hydrogen) atoms. The first-order chi connectivity index (χ1) is 7.58. The minimum Gasteiger partial charge on any atom is -0.328 e. The second-order valence-electron chi connectivity index (χ2n) is 4.81. The second kappa shape index (κ2) is 4.52. The highest BCUT2D eigenvalue weighted by molar-refractivity contribution is 5.27. The van der Waals surface area contributed by atoms with Crippen molar-refractivity contribution in [1.82, 2.24) is 4.90 Å². The van der Waals surface area contributed by atoms with Crippen LogP contribution in [0.5, 0.6) is 0 Å². The third kappa shape index (κ3) is 2.25. The first-order valence-electron chi connectivity index (χ1n) is 5.80. The second-order valence-corrected chi connectivity index (χ2v) is 4.81. The van der Waals surface area contributed by atoms with Gasteiger partial charge in [-0.2, -0.15) is 0 Å². The van der Waals surface area contributed by atoms with Gasteiger partial charge in [0.05, 0.1) is 0 Å². The molecule has 0 bridgehead atoms. The molecule has 0 saturated carbocycles. The number of hydrogen-bond acceptors (Lipinski definition) is 2. The molecule has 0 aromatic heterocycles. The van der Waals surface area contributed by atoms with Gasteiger partial charge in [0.25, 0.3) is 0 Å². The summed E-state index contributed by atoms with van der Waals surface area (Å²) in [6, 6.07) is 5.62. The van der Waals surface area contributed by atoms with E-state index in [2.05, 4.69) is 4.90 Å². The molecule has 0 spiro atoms. The molecule has 1 aliphatic rings. The van der Waals surface area contributed by atoms with Crippen molar-refractivity contribution in [2.45, 2.75) is 31.8 Å². The highest BCUT2D eigenvalue weighted by Gasteiger charge is 2.27. The van der Waals surface area contributed by atoms with Crippen LogP contribution in [0.25, 0.3) is 0 Å². The zero-order chi connectivity index (χ0) is 11.7. The molecule has 0 amide bonds. The van der Waals surface area contributed by atoms with Crippen LogP contribution in [-0.4, -0.2) is 24.5 Å². The fourth-order valence-electron chi connectivity index (χ4n) is 2.39. The maximum atomic E-state index is 13.8. The van der Waals surface area contributed by atoms with E-state index in [9.17, 15) is 4.39 Å². The van der Waals surface area contributed by atoms with Crippen LogP contribution in [0.3, 0.4) is 0 Å². The number of rotatable bonds is 1. The molecule has 1 aliphatic heterocycles. The SMILES string of the molecule is Cc1ccc(F)c(C2CC(N)CCN2C)c1. The lowest BCUT2D eigenvalue weighted by Crippen LogP contribution is -2.40. The summed E-state index contributed by atoms with van der Waals surface area (Å²) in [7, 11) is 2.04. The standard InChI is InChI=1S/C13H19FN2/c1-9-3-4-12(14)11(7-9)13-8-10(15)5-6-16(13)2/h3-4,7,10,13H,5-6,8,15H2,1-2H3. The van der Waals surface area contributed by atoms with E-state index >= 15 is 0 Å². The highest BCUT2D eigenvalue weighted by atomic mass is 19.1. The molecule has 1 aromatic carbocycles. The third-order valence-electron chi connectivity index (χ3n) is 3.42. The monoisotopic (exact) mass is 222 g/mol. The molecule has 2 unspecified atom stereocenters. The van der Waals surface area contributed by atoms with Crippen molar-refractivity contribution in [3.8, 4) is 0 Å². The predicted molar refractivity (Wildman–Crippen MR) is 63.7 cm³/mol. The van der Waals surface area contributed by atoms with Crippen molar-refractivity contribution in [3.63, 3.8) is 0 Å². The molecule has 0 radical (unpaired) electrons. The maximum Gasteiger partial charge on any atom is 0.128 e. The lowest BCUT2D eigenvalue weighted by Gasteiger charge is -2.36. The van der Waals surface area contributed by atoms with Crippen LogP contribution in [-0.2, 0) is 0 Å². The third-order valence-corrected chi connectivity index (χ3v) is 3.42. The van der Waals surface area contributed by atoms with Crippen molar-refractivity contribution in [2.75, 3.05) is 13.6 Å². The van der Waals surface area contributed by atoms with Gasteiger partial charge < -0.3 is 5.73 Å². The molecular formula is C13H19FN2. The Hall–Kier alpha value is -0.930. The number of hydrogen-bond donors (Lipinski definition) is 1. The Morgan fingerprint density at radius 3 is 2.94 bits per heavy atom. The number of nitrogens with two attached hydrogens (primary N) is 1. The summed E-state index contributed by atoms with van der Waals surface area (Å²) in [4.78, 5) is 2.20. The molecule has 0 aliphatic carbocycles. The van der Waals surface area contributed by atoms with Gasteiger partial charge in [0, 0.05) is 17.6 Å². The summed E-state index contributed by atoms with van der Waals surface area (Å²) < 4.78 is 13.8. The van der Waals surface area contributed by atoms with Crippen LogP contribution in [0, 0.1) is 12.7 Å². The number of aryl methyl sites for hydroxylation is 1. The molecule has 2 N–H and O–H groups in total. The molecule has 2 rings (SSSR count). The van der Waals surface area contributed by atoms with Crippen LogP contribution in [0.15, 0.2) is 18.2 Å². The molecular weight excluding hydrogens is 203 g/mol. The first kappa shape index (κ1) is 11.6. The van der Waals surface area contributed by atoms with Crippen molar-refractivity contribution in [3.05, 3.63) is 35.1 Å². The van der Waals surface area contributed by atoms with Crippen LogP contribution < -0.4 is 5.73 Å². The van der Waals surface area contributed by atoms with Gasteiger partial charge in [-0.25, -0.2) is 4.39 Å². The van der Waals surface area contributed by atoms with Gasteiger partial charge in [0.1, 0.15) is 5.82 Å². The van der Waals surface area contributed by atoms with E-state index in [1.165, 1.54) is 0 Å². The first-order valence-corrected chi connectivity index (χ1v) is 5.80. The van der Waals surface area contributed by atoms with Gasteiger partial charge >= 0.3 is 0 Å². The van der Waals surface area contributed by atoms with Crippen molar-refractivity contribution >= 4 is 0 Å². The minimum absolute atomic E-state index is 0.114. The van der Waals surface area contributed by atoms with Crippen LogP contribution in [0.4, 0.5) is 4.39 Å². The molecule has 3 heteroatoms. The summed E-state index contributed by atoms with van der Waals surface area (Å²) in [6.45, 7) is 2.94. The number of likely N-dealkylation sites (tertiary alicyclic amines) is 1. The van der Waals surface area contributed by atoms with E-state index in [0.29, 0.717) is 0 Å². The Labute approximate surface area is 96.2 Å². The van der Waals surface area contributed by atoms with Gasteiger partial charge in [0.2, 0.25) is 0 Å². The number of nitrogens with zero attached hydrogens (tertiary/aromatic N) is 1. The Morgan fingerprint density at radius 2 is 2.19 bits per heavy atom. The number of benzene rings is 1. The zero-order valence-corrected chi connectivity index (χ0v) is 9.91. The van der Waals surface area contributed by atoms with E-state index in [1.54, 1.807) is 6.07 Å². The van der Waals surface area contributed by atoms with Crippen LogP contribution in [0.2, 0.25) is 0 Å². The van der Waals surface area contributed by atoms with E-state index in [0.717, 1.165) is 30.5 Å². The van der Waals surface area contributed by atoms with Gasteiger partial charge in [-0.3, -0.25) is 4.90 Å². The Kier molecular flexibility index (Phi) is 3.26. The molecule has 1 heterocycles. The van der Waals surface area contributed by atoms with Crippen molar-refractivity contribution in [2.24, 2.45) is 5.73 Å². The van der Waals surface area contributed by atoms with Gasteiger partial charge in [-0.1, -0.05) is 17.7 Å². The number of piperidine rings is 1. The summed E-state index contributed by atoms with van der Waals surface area (Å²) in [5.74, 6) is -0.114. The molecule has 2 nitrogen and oxygen atoms in total. The quantitative estimate of drug-likeness (QED) is 0.789. The van der Waals surface area contributed by atoms with E-state index < -0.39 is 0 Å². The van der Waals surface area contributed by atoms with Crippen LogP contribution in [0.1, 0.15) is 30.0 Å². The van der Waals surface area contributed by atoms with Gasteiger partial charge in [0.15, 0.2) is 0 Å². The van der Waals surface area contributed by atoms with E-state index in [-0.39, 0.29) is 17.9 Å². The lowest BCUT2D eigenvalue weighted by molar-refractivity contribution is 0.168.